The van der Waals surface area contributed by atoms with E-state index in [1.807, 2.05) is 18.2 Å². The quantitative estimate of drug-likeness (QED) is 0.779. The van der Waals surface area contributed by atoms with Crippen molar-refractivity contribution in [2.45, 2.75) is 39.5 Å². The molecule has 0 aromatic heterocycles. The van der Waals surface area contributed by atoms with Crippen LogP contribution in [0.1, 0.15) is 38.7 Å². The van der Waals surface area contributed by atoms with E-state index in [2.05, 4.69) is 25.2 Å². The van der Waals surface area contributed by atoms with Crippen molar-refractivity contribution in [3.8, 4) is 0 Å². The van der Waals surface area contributed by atoms with E-state index < -0.39 is 0 Å². The summed E-state index contributed by atoms with van der Waals surface area (Å²) in [4.78, 5) is 11.9. The number of carbonyl (C=O) groups excluding carboxylic acids is 1. The van der Waals surface area contributed by atoms with Gasteiger partial charge in [-0.25, -0.2) is 0 Å². The lowest BCUT2D eigenvalue weighted by atomic mass is 10.0. The van der Waals surface area contributed by atoms with Gasteiger partial charge in [0.05, 0.1) is 0 Å². The van der Waals surface area contributed by atoms with Crippen molar-refractivity contribution in [3.63, 3.8) is 0 Å². The maximum Gasteiger partial charge on any atom is 0.224 e. The molecule has 0 aliphatic heterocycles. The van der Waals surface area contributed by atoms with Crippen LogP contribution in [0.2, 0.25) is 0 Å². The molecule has 0 heterocycles. The molecule has 3 N–H and O–H groups in total. The van der Waals surface area contributed by atoms with E-state index in [0.717, 1.165) is 24.9 Å². The van der Waals surface area contributed by atoms with E-state index in [0.29, 0.717) is 13.0 Å². The van der Waals surface area contributed by atoms with E-state index >= 15 is 0 Å². The number of para-hydroxylation sites is 1. The fraction of sp³-hybridized carbons (Fsp3) is 0.533. The van der Waals surface area contributed by atoms with Crippen LogP contribution in [0.5, 0.6) is 0 Å². The van der Waals surface area contributed by atoms with E-state index in [1.165, 1.54) is 5.56 Å². The second kappa shape index (κ2) is 7.88. The van der Waals surface area contributed by atoms with Gasteiger partial charge in [0.2, 0.25) is 5.91 Å². The minimum atomic E-state index is 0.0656. The van der Waals surface area contributed by atoms with Gasteiger partial charge in [-0.15, -0.1) is 0 Å². The van der Waals surface area contributed by atoms with Gasteiger partial charge in [-0.05, 0) is 30.5 Å². The number of hydrogen-bond acceptors (Lipinski definition) is 2. The lowest BCUT2D eigenvalue weighted by Gasteiger charge is -2.14. The number of nitrogens with one attached hydrogen (secondary N) is 1. The number of hydrogen-bond donors (Lipinski definition) is 2. The number of aryl methyl sites for hydroxylation is 1. The van der Waals surface area contributed by atoms with E-state index in [4.69, 9.17) is 5.73 Å². The summed E-state index contributed by atoms with van der Waals surface area (Å²) >= 11 is 0. The van der Waals surface area contributed by atoms with Gasteiger partial charge < -0.3 is 11.1 Å². The Balaban J connectivity index is 2.63. The van der Waals surface area contributed by atoms with Crippen LogP contribution >= 0.6 is 0 Å². The zero-order valence-corrected chi connectivity index (χ0v) is 11.4. The second-order valence-electron chi connectivity index (χ2n) is 4.67. The summed E-state index contributed by atoms with van der Waals surface area (Å²) in [6, 6.07) is 8.00. The minimum absolute atomic E-state index is 0.0656. The van der Waals surface area contributed by atoms with Crippen LogP contribution in [0.3, 0.4) is 0 Å². The van der Waals surface area contributed by atoms with Gasteiger partial charge in [0.25, 0.3) is 0 Å². The summed E-state index contributed by atoms with van der Waals surface area (Å²) in [6.45, 7) is 4.77. The van der Waals surface area contributed by atoms with Crippen LogP contribution in [0.15, 0.2) is 24.3 Å². The monoisotopic (exact) mass is 248 g/mol. The van der Waals surface area contributed by atoms with Crippen LogP contribution in [0, 0.1) is 5.92 Å². The Morgan fingerprint density at radius 3 is 2.67 bits per heavy atom. The van der Waals surface area contributed by atoms with Crippen molar-refractivity contribution in [3.05, 3.63) is 29.8 Å². The van der Waals surface area contributed by atoms with Crippen LogP contribution < -0.4 is 11.1 Å². The number of carbonyl (C=O) groups is 1. The van der Waals surface area contributed by atoms with Gasteiger partial charge in [-0.3, -0.25) is 4.79 Å². The lowest BCUT2D eigenvalue weighted by Crippen LogP contribution is -2.22. The molecule has 0 radical (unpaired) electrons. The van der Waals surface area contributed by atoms with Crippen LogP contribution in [-0.4, -0.2) is 12.5 Å². The highest BCUT2D eigenvalue weighted by Gasteiger charge is 2.11. The highest BCUT2D eigenvalue weighted by Crippen LogP contribution is 2.18. The Kier molecular flexibility index (Phi) is 6.44. The number of anilines is 1. The zero-order chi connectivity index (χ0) is 13.4. The molecule has 0 bridgehead atoms. The minimum Gasteiger partial charge on any atom is -0.330 e. The molecule has 100 valence electrons. The van der Waals surface area contributed by atoms with Gasteiger partial charge in [0.1, 0.15) is 0 Å². The fourth-order valence-corrected chi connectivity index (χ4v) is 1.99. The molecule has 0 fully saturated rings. The average Bonchev–Trinajstić information content (AvgIpc) is 2.38. The Bertz CT molecular complexity index is 373. The Morgan fingerprint density at radius 1 is 1.33 bits per heavy atom. The maximum atomic E-state index is 11.9. The predicted octanol–water partition coefficient (Wildman–Crippen LogP) is 2.95. The molecule has 1 aromatic carbocycles. The summed E-state index contributed by atoms with van der Waals surface area (Å²) in [5, 5.41) is 3.00. The topological polar surface area (TPSA) is 55.1 Å². The summed E-state index contributed by atoms with van der Waals surface area (Å²) < 4.78 is 0. The number of benzene rings is 1. The maximum absolute atomic E-state index is 11.9. The summed E-state index contributed by atoms with van der Waals surface area (Å²) in [6.07, 6.45) is 3.52. The number of rotatable bonds is 7. The molecule has 1 unspecified atom stereocenters. The smallest absolute Gasteiger partial charge is 0.224 e. The molecule has 3 nitrogen and oxygen atoms in total. The molecule has 1 rings (SSSR count). The highest BCUT2D eigenvalue weighted by atomic mass is 16.1. The van der Waals surface area contributed by atoms with Crippen LogP contribution in [0.4, 0.5) is 5.69 Å². The zero-order valence-electron chi connectivity index (χ0n) is 11.4. The van der Waals surface area contributed by atoms with Crippen molar-refractivity contribution in [1.82, 2.24) is 0 Å². The first kappa shape index (κ1) is 14.7. The molecule has 0 aliphatic carbocycles. The normalized spacial score (nSPS) is 12.2. The molecule has 1 atom stereocenters. The van der Waals surface area contributed by atoms with Crippen LogP contribution in [-0.2, 0) is 11.2 Å². The molecular weight excluding hydrogens is 224 g/mol. The number of amides is 1. The van der Waals surface area contributed by atoms with Gasteiger partial charge in [0, 0.05) is 12.1 Å². The van der Waals surface area contributed by atoms with E-state index in [1.54, 1.807) is 0 Å². The molecule has 0 aliphatic rings. The van der Waals surface area contributed by atoms with Gasteiger partial charge in [0.15, 0.2) is 0 Å². The third-order valence-electron chi connectivity index (χ3n) is 3.20. The summed E-state index contributed by atoms with van der Waals surface area (Å²) in [7, 11) is 0. The fourth-order valence-electron chi connectivity index (χ4n) is 1.99. The largest absolute Gasteiger partial charge is 0.330 e. The van der Waals surface area contributed by atoms with Crippen molar-refractivity contribution in [2.24, 2.45) is 11.7 Å². The van der Waals surface area contributed by atoms with E-state index in [9.17, 15) is 4.79 Å². The first-order chi connectivity index (χ1) is 8.71. The van der Waals surface area contributed by atoms with Gasteiger partial charge >= 0.3 is 0 Å². The molecule has 0 spiro atoms. The molecular formula is C15H24N2O. The van der Waals surface area contributed by atoms with Crippen molar-refractivity contribution in [2.75, 3.05) is 11.9 Å². The average molecular weight is 248 g/mol. The van der Waals surface area contributed by atoms with Gasteiger partial charge in [-0.2, -0.15) is 0 Å². The third-order valence-corrected chi connectivity index (χ3v) is 3.20. The first-order valence-corrected chi connectivity index (χ1v) is 6.79. The lowest BCUT2D eigenvalue weighted by molar-refractivity contribution is -0.117. The number of nitrogens with two attached hydrogens (primary N) is 1. The second-order valence-corrected chi connectivity index (χ2v) is 4.67. The summed E-state index contributed by atoms with van der Waals surface area (Å²) in [5.74, 6) is 0.346. The predicted molar refractivity (Wildman–Crippen MR) is 76.5 cm³/mol. The van der Waals surface area contributed by atoms with Crippen molar-refractivity contribution >= 4 is 11.6 Å². The Hall–Kier alpha value is -1.35. The van der Waals surface area contributed by atoms with Crippen LogP contribution in [0.25, 0.3) is 0 Å². The highest BCUT2D eigenvalue weighted by molar-refractivity contribution is 5.91. The van der Waals surface area contributed by atoms with Gasteiger partial charge in [-0.1, -0.05) is 44.9 Å². The molecule has 0 saturated heterocycles. The first-order valence-electron chi connectivity index (χ1n) is 6.79. The molecule has 1 amide bonds. The molecule has 1 aromatic rings. The molecule has 18 heavy (non-hydrogen) atoms. The Labute approximate surface area is 110 Å². The van der Waals surface area contributed by atoms with Crippen molar-refractivity contribution in [1.29, 1.82) is 0 Å². The Morgan fingerprint density at radius 2 is 2.06 bits per heavy atom. The summed E-state index contributed by atoms with van der Waals surface area (Å²) in [5.41, 5.74) is 7.77. The molecule has 0 saturated carbocycles. The van der Waals surface area contributed by atoms with Crippen molar-refractivity contribution < 1.29 is 4.79 Å². The standard InChI is InChI=1S/C15H24N2O/c1-3-7-13-8-5-6-9-14(13)17-15(18)10-12(4-2)11-16/h5-6,8-9,12H,3-4,7,10-11,16H2,1-2H3,(H,17,18). The van der Waals surface area contributed by atoms with E-state index in [-0.39, 0.29) is 11.8 Å². The molecule has 3 heteroatoms. The third kappa shape index (κ3) is 4.49. The SMILES string of the molecule is CCCc1ccccc1NC(=O)CC(CC)CN.